The van der Waals surface area contributed by atoms with Crippen molar-refractivity contribution in [3.8, 4) is 16.9 Å². The molecule has 0 heterocycles. The highest BCUT2D eigenvalue weighted by Gasteiger charge is 2.12. The lowest BCUT2D eigenvalue weighted by Gasteiger charge is -2.09. The summed E-state index contributed by atoms with van der Waals surface area (Å²) < 4.78 is 31.6. The third-order valence-corrected chi connectivity index (χ3v) is 2.82. The first-order chi connectivity index (χ1) is 10.0. The predicted octanol–water partition coefficient (Wildman–Crippen LogP) is 4.87. The van der Waals surface area contributed by atoms with E-state index in [9.17, 15) is 13.6 Å². The fraction of sp³-hybridized carbons (Fsp3) is 0.235. The molecule has 0 unspecified atom stereocenters. The molecule has 2 aromatic rings. The van der Waals surface area contributed by atoms with Gasteiger partial charge in [0.2, 0.25) is 0 Å². The van der Waals surface area contributed by atoms with Crippen LogP contribution in [0.1, 0.15) is 31.1 Å². The largest absolute Gasteiger partial charge is 0.496 e. The van der Waals surface area contributed by atoms with Crippen molar-refractivity contribution < 1.29 is 18.3 Å². The molecule has 2 rings (SSSR count). The minimum Gasteiger partial charge on any atom is -0.496 e. The molecular formula is C17H18F2O2. The zero-order valence-corrected chi connectivity index (χ0v) is 12.5. The van der Waals surface area contributed by atoms with E-state index in [1.165, 1.54) is 32.2 Å². The third kappa shape index (κ3) is 3.88. The van der Waals surface area contributed by atoms with Gasteiger partial charge in [0.15, 0.2) is 5.78 Å². The molecule has 4 heteroatoms. The van der Waals surface area contributed by atoms with E-state index in [4.69, 9.17) is 4.74 Å². The number of ketones is 1. The zero-order chi connectivity index (χ0) is 16.0. The van der Waals surface area contributed by atoms with Crippen molar-refractivity contribution in [3.05, 3.63) is 53.6 Å². The van der Waals surface area contributed by atoms with Crippen LogP contribution in [-0.4, -0.2) is 12.9 Å². The van der Waals surface area contributed by atoms with Gasteiger partial charge in [-0.05, 0) is 36.8 Å². The summed E-state index contributed by atoms with van der Waals surface area (Å²) in [5.41, 5.74) is 1.11. The molecule has 0 aromatic heterocycles. The summed E-state index contributed by atoms with van der Waals surface area (Å²) in [6.07, 6.45) is 0. The second-order valence-electron chi connectivity index (χ2n) is 4.10. The van der Waals surface area contributed by atoms with E-state index in [-0.39, 0.29) is 11.3 Å². The van der Waals surface area contributed by atoms with E-state index in [1.54, 1.807) is 12.1 Å². The minimum absolute atomic E-state index is 0.179. The number of rotatable bonds is 3. The van der Waals surface area contributed by atoms with Gasteiger partial charge in [-0.3, -0.25) is 4.79 Å². The molecule has 0 aliphatic carbocycles. The molecule has 2 nitrogen and oxygen atoms in total. The van der Waals surface area contributed by atoms with Crippen molar-refractivity contribution in [2.24, 2.45) is 0 Å². The van der Waals surface area contributed by atoms with E-state index < -0.39 is 11.6 Å². The second kappa shape index (κ2) is 7.53. The summed E-state index contributed by atoms with van der Waals surface area (Å²) in [6, 6.07) is 8.09. The highest BCUT2D eigenvalue weighted by molar-refractivity contribution is 5.98. The average molecular weight is 292 g/mol. The zero-order valence-electron chi connectivity index (χ0n) is 12.5. The maximum Gasteiger partial charge on any atom is 0.163 e. The SMILES string of the molecule is CC.COc1ccc(-c2ccc(F)cc2F)cc1C(C)=O. The van der Waals surface area contributed by atoms with Crippen molar-refractivity contribution in [2.45, 2.75) is 20.8 Å². The average Bonchev–Trinajstić information content (AvgIpc) is 2.48. The van der Waals surface area contributed by atoms with Crippen LogP contribution in [0.2, 0.25) is 0 Å². The molecule has 0 N–H and O–H groups in total. The lowest BCUT2D eigenvalue weighted by Crippen LogP contribution is -1.98. The fourth-order valence-electron chi connectivity index (χ4n) is 1.87. The van der Waals surface area contributed by atoms with Crippen LogP contribution in [0.25, 0.3) is 11.1 Å². The Labute approximate surface area is 123 Å². The predicted molar refractivity (Wildman–Crippen MR) is 79.7 cm³/mol. The Morgan fingerprint density at radius 3 is 2.24 bits per heavy atom. The summed E-state index contributed by atoms with van der Waals surface area (Å²) in [7, 11) is 1.46. The van der Waals surface area contributed by atoms with Crippen molar-refractivity contribution in [1.82, 2.24) is 0 Å². The Kier molecular flexibility index (Phi) is 6.03. The summed E-state index contributed by atoms with van der Waals surface area (Å²) in [6.45, 7) is 5.41. The highest BCUT2D eigenvalue weighted by atomic mass is 19.1. The number of ether oxygens (including phenoxy) is 1. The molecule has 0 saturated heterocycles. The van der Waals surface area contributed by atoms with Crippen LogP contribution in [0.3, 0.4) is 0 Å². The van der Waals surface area contributed by atoms with Crippen molar-refractivity contribution in [3.63, 3.8) is 0 Å². The normalized spacial score (nSPS) is 9.62. The molecule has 0 atom stereocenters. The van der Waals surface area contributed by atoms with Crippen LogP contribution in [0, 0.1) is 11.6 Å². The molecule has 0 amide bonds. The van der Waals surface area contributed by atoms with Gasteiger partial charge < -0.3 is 4.74 Å². The number of carbonyl (C=O) groups is 1. The van der Waals surface area contributed by atoms with Gasteiger partial charge in [-0.2, -0.15) is 0 Å². The minimum atomic E-state index is -0.667. The lowest BCUT2D eigenvalue weighted by molar-refractivity contribution is 0.101. The number of hydrogen-bond donors (Lipinski definition) is 0. The topological polar surface area (TPSA) is 26.3 Å². The Bertz CT molecular complexity index is 637. The van der Waals surface area contributed by atoms with Crippen LogP contribution in [0.4, 0.5) is 8.78 Å². The van der Waals surface area contributed by atoms with Gasteiger partial charge in [0, 0.05) is 11.6 Å². The van der Waals surface area contributed by atoms with Crippen LogP contribution in [0.15, 0.2) is 36.4 Å². The summed E-state index contributed by atoms with van der Waals surface area (Å²) in [4.78, 5) is 11.5. The Morgan fingerprint density at radius 1 is 1.05 bits per heavy atom. The standard InChI is InChI=1S/C15H12F2O2.C2H6/c1-9(18)13-7-10(3-6-15(13)19-2)12-5-4-11(16)8-14(12)17;1-2/h3-8H,1-2H3;1-2H3. The van der Waals surface area contributed by atoms with E-state index in [1.807, 2.05) is 13.8 Å². The van der Waals surface area contributed by atoms with E-state index >= 15 is 0 Å². The van der Waals surface area contributed by atoms with Gasteiger partial charge in [0.25, 0.3) is 0 Å². The van der Waals surface area contributed by atoms with Crippen molar-refractivity contribution in [1.29, 1.82) is 0 Å². The first kappa shape index (κ1) is 16.8. The molecule has 0 spiro atoms. The number of halogens is 2. The Morgan fingerprint density at radius 2 is 1.71 bits per heavy atom. The van der Waals surface area contributed by atoms with E-state index in [2.05, 4.69) is 0 Å². The van der Waals surface area contributed by atoms with Gasteiger partial charge >= 0.3 is 0 Å². The highest BCUT2D eigenvalue weighted by Crippen LogP contribution is 2.29. The van der Waals surface area contributed by atoms with Crippen LogP contribution in [0.5, 0.6) is 5.75 Å². The third-order valence-electron chi connectivity index (χ3n) is 2.82. The number of methoxy groups -OCH3 is 1. The maximum absolute atomic E-state index is 13.7. The van der Waals surface area contributed by atoms with E-state index in [0.29, 0.717) is 16.9 Å². The quantitative estimate of drug-likeness (QED) is 0.754. The number of carbonyl (C=O) groups excluding carboxylic acids is 1. The van der Waals surface area contributed by atoms with Crippen LogP contribution in [-0.2, 0) is 0 Å². The van der Waals surface area contributed by atoms with Crippen molar-refractivity contribution in [2.75, 3.05) is 7.11 Å². The van der Waals surface area contributed by atoms with Gasteiger partial charge in [0.1, 0.15) is 17.4 Å². The summed E-state index contributed by atoms with van der Waals surface area (Å²) in [5.74, 6) is -1.05. The monoisotopic (exact) mass is 292 g/mol. The van der Waals surface area contributed by atoms with Crippen LogP contribution < -0.4 is 4.74 Å². The second-order valence-corrected chi connectivity index (χ2v) is 4.10. The van der Waals surface area contributed by atoms with Gasteiger partial charge in [0.05, 0.1) is 12.7 Å². The maximum atomic E-state index is 13.7. The molecule has 112 valence electrons. The molecule has 0 fully saturated rings. The molecular weight excluding hydrogens is 274 g/mol. The fourth-order valence-corrected chi connectivity index (χ4v) is 1.87. The number of Topliss-reactive ketones (excluding diaryl/α,β-unsaturated/α-hetero) is 1. The first-order valence-electron chi connectivity index (χ1n) is 6.67. The van der Waals surface area contributed by atoms with E-state index in [0.717, 1.165) is 6.07 Å². The van der Waals surface area contributed by atoms with Gasteiger partial charge in [-0.15, -0.1) is 0 Å². The molecule has 2 aromatic carbocycles. The Hall–Kier alpha value is -2.23. The van der Waals surface area contributed by atoms with Gasteiger partial charge in [-0.1, -0.05) is 19.9 Å². The molecule has 0 radical (unpaired) electrons. The van der Waals surface area contributed by atoms with Crippen LogP contribution >= 0.6 is 0 Å². The Balaban J connectivity index is 0.00000106. The molecule has 21 heavy (non-hydrogen) atoms. The smallest absolute Gasteiger partial charge is 0.163 e. The summed E-state index contributed by atoms with van der Waals surface area (Å²) >= 11 is 0. The number of hydrogen-bond acceptors (Lipinski definition) is 2. The molecule has 0 saturated carbocycles. The van der Waals surface area contributed by atoms with Gasteiger partial charge in [-0.25, -0.2) is 8.78 Å². The lowest BCUT2D eigenvalue weighted by atomic mass is 10.0. The molecule has 0 aliphatic rings. The summed E-state index contributed by atoms with van der Waals surface area (Å²) in [5, 5.41) is 0. The van der Waals surface area contributed by atoms with Crippen molar-refractivity contribution >= 4 is 5.78 Å². The number of benzene rings is 2. The first-order valence-corrected chi connectivity index (χ1v) is 6.67. The molecule has 0 aliphatic heterocycles. The molecule has 0 bridgehead atoms.